The van der Waals surface area contributed by atoms with Crippen molar-refractivity contribution in [3.8, 4) is 0 Å². The van der Waals surface area contributed by atoms with Crippen LogP contribution in [0.15, 0.2) is 48.5 Å². The van der Waals surface area contributed by atoms with Crippen molar-refractivity contribution < 1.29 is 22.7 Å². The fourth-order valence-electron chi connectivity index (χ4n) is 3.90. The van der Waals surface area contributed by atoms with E-state index in [-0.39, 0.29) is 18.5 Å². The van der Waals surface area contributed by atoms with Crippen molar-refractivity contribution in [3.05, 3.63) is 71.0 Å². The van der Waals surface area contributed by atoms with E-state index in [1.165, 1.54) is 17.4 Å². The lowest BCUT2D eigenvalue weighted by molar-refractivity contribution is -0.137. The van der Waals surface area contributed by atoms with Crippen LogP contribution >= 0.6 is 0 Å². The SMILES string of the molecule is CCCC(C)(CCC(=O)O)c1ccc(CN(C)S(=O)(=O)[C@H](C)c2ccccc2)c(F)c1. The molecule has 0 radical (unpaired) electrons. The summed E-state index contributed by atoms with van der Waals surface area (Å²) in [5.41, 5.74) is 1.25. The van der Waals surface area contributed by atoms with E-state index in [1.807, 2.05) is 19.9 Å². The van der Waals surface area contributed by atoms with E-state index in [0.717, 1.165) is 18.4 Å². The zero-order valence-corrected chi connectivity index (χ0v) is 19.5. The third-order valence-electron chi connectivity index (χ3n) is 5.99. The highest BCUT2D eigenvalue weighted by Gasteiger charge is 2.30. The summed E-state index contributed by atoms with van der Waals surface area (Å²) >= 11 is 0. The molecule has 1 N–H and O–H groups in total. The van der Waals surface area contributed by atoms with Crippen molar-refractivity contribution in [2.45, 2.75) is 63.7 Å². The monoisotopic (exact) mass is 449 g/mol. The third kappa shape index (κ3) is 6.14. The Morgan fingerprint density at radius 1 is 1.16 bits per heavy atom. The van der Waals surface area contributed by atoms with E-state index in [1.54, 1.807) is 43.3 Å². The van der Waals surface area contributed by atoms with Crippen molar-refractivity contribution in [2.75, 3.05) is 7.05 Å². The van der Waals surface area contributed by atoms with Gasteiger partial charge in [0.2, 0.25) is 10.0 Å². The van der Waals surface area contributed by atoms with Gasteiger partial charge >= 0.3 is 5.97 Å². The number of halogens is 1. The van der Waals surface area contributed by atoms with Crippen LogP contribution < -0.4 is 0 Å². The molecule has 0 aliphatic rings. The van der Waals surface area contributed by atoms with E-state index in [2.05, 4.69) is 0 Å². The van der Waals surface area contributed by atoms with Crippen LogP contribution in [0.4, 0.5) is 4.39 Å². The molecule has 170 valence electrons. The number of hydrogen-bond acceptors (Lipinski definition) is 3. The van der Waals surface area contributed by atoms with Crippen LogP contribution in [0, 0.1) is 5.82 Å². The van der Waals surface area contributed by atoms with Gasteiger partial charge in [-0.05, 0) is 42.4 Å². The van der Waals surface area contributed by atoms with Gasteiger partial charge < -0.3 is 5.11 Å². The Hall–Kier alpha value is -2.25. The van der Waals surface area contributed by atoms with Gasteiger partial charge in [0.25, 0.3) is 0 Å². The first-order valence-corrected chi connectivity index (χ1v) is 12.0. The molecular formula is C24H32FNO4S. The molecule has 5 nitrogen and oxygen atoms in total. The van der Waals surface area contributed by atoms with Crippen LogP contribution in [0.2, 0.25) is 0 Å². The van der Waals surface area contributed by atoms with Crippen LogP contribution in [0.3, 0.4) is 0 Å². The van der Waals surface area contributed by atoms with E-state index < -0.39 is 32.5 Å². The molecule has 2 rings (SSSR count). The molecule has 0 bridgehead atoms. The van der Waals surface area contributed by atoms with Crippen LogP contribution in [0.1, 0.15) is 68.4 Å². The van der Waals surface area contributed by atoms with Crippen molar-refractivity contribution in [2.24, 2.45) is 0 Å². The Kier molecular flexibility index (Phi) is 8.37. The van der Waals surface area contributed by atoms with Gasteiger partial charge in [0.15, 0.2) is 0 Å². The van der Waals surface area contributed by atoms with Gasteiger partial charge in [-0.3, -0.25) is 4.79 Å². The second-order valence-electron chi connectivity index (χ2n) is 8.36. The average molecular weight is 450 g/mol. The summed E-state index contributed by atoms with van der Waals surface area (Å²) in [4.78, 5) is 11.0. The zero-order chi connectivity index (χ0) is 23.2. The van der Waals surface area contributed by atoms with Gasteiger partial charge in [0.05, 0.1) is 5.25 Å². The summed E-state index contributed by atoms with van der Waals surface area (Å²) in [5.74, 6) is -1.36. The summed E-state index contributed by atoms with van der Waals surface area (Å²) in [7, 11) is -2.22. The van der Waals surface area contributed by atoms with Crippen molar-refractivity contribution >= 4 is 16.0 Å². The molecular weight excluding hydrogens is 417 g/mol. The Labute approximate surface area is 185 Å². The highest BCUT2D eigenvalue weighted by Crippen LogP contribution is 2.35. The molecule has 0 saturated heterocycles. The summed E-state index contributed by atoms with van der Waals surface area (Å²) in [6, 6.07) is 13.7. The first kappa shape index (κ1) is 25.0. The quantitative estimate of drug-likeness (QED) is 0.507. The maximum absolute atomic E-state index is 15.0. The maximum atomic E-state index is 15.0. The predicted molar refractivity (Wildman–Crippen MR) is 121 cm³/mol. The van der Waals surface area contributed by atoms with Crippen LogP contribution in [-0.2, 0) is 26.8 Å². The molecule has 31 heavy (non-hydrogen) atoms. The third-order valence-corrected chi connectivity index (χ3v) is 8.15. The number of rotatable bonds is 11. The largest absolute Gasteiger partial charge is 0.481 e. The lowest BCUT2D eigenvalue weighted by atomic mass is 9.75. The minimum Gasteiger partial charge on any atom is -0.481 e. The standard InChI is InChI=1S/C24H32FNO4S/c1-5-14-24(3,15-13-23(27)28)21-12-11-20(22(25)16-21)17-26(4)31(29,30)18(2)19-9-7-6-8-10-19/h6-12,16,18H,5,13-15,17H2,1-4H3,(H,27,28)/t18-,24?/m1/s1. The van der Waals surface area contributed by atoms with Gasteiger partial charge in [-0.1, -0.05) is 62.7 Å². The van der Waals surface area contributed by atoms with E-state index in [4.69, 9.17) is 5.11 Å². The van der Waals surface area contributed by atoms with Gasteiger partial charge in [-0.2, -0.15) is 4.31 Å². The molecule has 0 aliphatic heterocycles. The number of benzene rings is 2. The summed E-state index contributed by atoms with van der Waals surface area (Å²) < 4.78 is 42.0. The number of aliphatic carboxylic acids is 1. The van der Waals surface area contributed by atoms with Crippen molar-refractivity contribution in [1.29, 1.82) is 0 Å². The van der Waals surface area contributed by atoms with Crippen molar-refractivity contribution in [1.82, 2.24) is 4.31 Å². The molecule has 0 aliphatic carbocycles. The second-order valence-corrected chi connectivity index (χ2v) is 10.7. The molecule has 2 aromatic carbocycles. The fourth-order valence-corrected chi connectivity index (χ4v) is 5.25. The molecule has 0 fully saturated rings. The smallest absolute Gasteiger partial charge is 0.303 e. The minimum absolute atomic E-state index is 0.0121. The fraction of sp³-hybridized carbons (Fsp3) is 0.458. The Bertz CT molecular complexity index is 994. The van der Waals surface area contributed by atoms with Gasteiger partial charge in [0, 0.05) is 25.6 Å². The van der Waals surface area contributed by atoms with Crippen LogP contribution in [0.5, 0.6) is 0 Å². The molecule has 7 heteroatoms. The van der Waals surface area contributed by atoms with E-state index in [0.29, 0.717) is 12.0 Å². The zero-order valence-electron chi connectivity index (χ0n) is 18.6. The number of sulfonamides is 1. The predicted octanol–water partition coefficient (Wildman–Crippen LogP) is 5.27. The van der Waals surface area contributed by atoms with Crippen molar-refractivity contribution in [3.63, 3.8) is 0 Å². The molecule has 1 unspecified atom stereocenters. The first-order valence-electron chi connectivity index (χ1n) is 10.5. The normalized spacial score (nSPS) is 14.9. The summed E-state index contributed by atoms with van der Waals surface area (Å²) in [6.45, 7) is 5.51. The lowest BCUT2D eigenvalue weighted by Gasteiger charge is -2.30. The van der Waals surface area contributed by atoms with Crippen LogP contribution in [-0.4, -0.2) is 30.8 Å². The molecule has 2 atom stereocenters. The molecule has 0 spiro atoms. The van der Waals surface area contributed by atoms with Gasteiger partial charge in [-0.25, -0.2) is 12.8 Å². The number of carboxylic acid groups (broad SMARTS) is 1. The lowest BCUT2D eigenvalue weighted by Crippen LogP contribution is -2.30. The molecule has 0 amide bonds. The Morgan fingerprint density at radius 3 is 2.35 bits per heavy atom. The summed E-state index contributed by atoms with van der Waals surface area (Å²) in [6.07, 6.45) is 2.01. The second kappa shape index (κ2) is 10.4. The maximum Gasteiger partial charge on any atom is 0.303 e. The molecule has 0 saturated carbocycles. The number of carboxylic acids is 1. The molecule has 2 aromatic rings. The van der Waals surface area contributed by atoms with Gasteiger partial charge in [0.1, 0.15) is 5.82 Å². The highest BCUT2D eigenvalue weighted by molar-refractivity contribution is 7.89. The first-order chi connectivity index (χ1) is 14.5. The number of nitrogens with zero attached hydrogens (tertiary/aromatic N) is 1. The van der Waals surface area contributed by atoms with Gasteiger partial charge in [-0.15, -0.1) is 0 Å². The average Bonchev–Trinajstić information content (AvgIpc) is 2.73. The molecule has 0 aromatic heterocycles. The highest BCUT2D eigenvalue weighted by atomic mass is 32.2. The van der Waals surface area contributed by atoms with E-state index in [9.17, 15) is 17.6 Å². The topological polar surface area (TPSA) is 74.7 Å². The van der Waals surface area contributed by atoms with Crippen LogP contribution in [0.25, 0.3) is 0 Å². The molecule has 0 heterocycles. The Morgan fingerprint density at radius 2 is 1.81 bits per heavy atom. The van der Waals surface area contributed by atoms with E-state index >= 15 is 0 Å². The Balaban J connectivity index is 2.23. The summed E-state index contributed by atoms with van der Waals surface area (Å²) in [5, 5.41) is 8.31. The minimum atomic E-state index is -3.67. The number of carbonyl (C=O) groups is 1. The number of hydrogen-bond donors (Lipinski definition) is 1.